The van der Waals surface area contributed by atoms with Crippen LogP contribution in [-0.2, 0) is 16.3 Å². The molecule has 156 valence electrons. The molecule has 5 nitrogen and oxygen atoms in total. The minimum Gasteiger partial charge on any atom is -0.507 e. The highest BCUT2D eigenvalue weighted by Crippen LogP contribution is 2.27. The van der Waals surface area contributed by atoms with Crippen LogP contribution in [0.2, 0.25) is 0 Å². The van der Waals surface area contributed by atoms with E-state index in [1.165, 1.54) is 68.7 Å². The monoisotopic (exact) mass is 415 g/mol. The third kappa shape index (κ3) is 6.07. The summed E-state index contributed by atoms with van der Waals surface area (Å²) in [6.45, 7) is 0. The molecule has 2 aromatic rings. The number of carbonyl (C=O) groups is 1. The molecule has 1 amide bonds. The van der Waals surface area contributed by atoms with Gasteiger partial charge < -0.3 is 10.4 Å². The summed E-state index contributed by atoms with van der Waals surface area (Å²) < 4.78 is 23.4. The van der Waals surface area contributed by atoms with Crippen molar-refractivity contribution in [2.45, 2.75) is 56.3 Å². The molecule has 0 bridgehead atoms. The highest BCUT2D eigenvalue weighted by Gasteiger charge is 2.15. The molecule has 29 heavy (non-hydrogen) atoms. The third-order valence-electron chi connectivity index (χ3n) is 5.65. The van der Waals surface area contributed by atoms with Gasteiger partial charge in [-0.15, -0.1) is 0 Å². The molecular formula is C23H29NO4S. The van der Waals surface area contributed by atoms with Crippen LogP contribution >= 0.6 is 0 Å². The quantitative estimate of drug-likeness (QED) is 0.516. The van der Waals surface area contributed by atoms with Gasteiger partial charge in [0.05, 0.1) is 0 Å². The zero-order valence-electron chi connectivity index (χ0n) is 16.9. The normalized spacial score (nSPS) is 15.6. The van der Waals surface area contributed by atoms with Crippen molar-refractivity contribution in [1.29, 1.82) is 0 Å². The summed E-state index contributed by atoms with van der Waals surface area (Å²) in [5.74, 6) is 0.174. The molecule has 0 unspecified atom stereocenters. The molecular weight excluding hydrogens is 386 g/mol. The van der Waals surface area contributed by atoms with Crippen molar-refractivity contribution in [3.05, 3.63) is 53.6 Å². The Morgan fingerprint density at radius 2 is 1.69 bits per heavy atom. The second kappa shape index (κ2) is 9.44. The van der Waals surface area contributed by atoms with Crippen LogP contribution in [0.15, 0.2) is 47.4 Å². The van der Waals surface area contributed by atoms with Gasteiger partial charge >= 0.3 is 0 Å². The number of aromatic hydroxyl groups is 1. The first kappa shape index (κ1) is 21.4. The van der Waals surface area contributed by atoms with Crippen molar-refractivity contribution in [3.8, 4) is 5.75 Å². The molecule has 0 atom stereocenters. The second-order valence-corrected chi connectivity index (χ2v) is 9.99. The summed E-state index contributed by atoms with van der Waals surface area (Å²) in [6, 6.07) is 11.6. The van der Waals surface area contributed by atoms with E-state index in [2.05, 4.69) is 5.32 Å². The fourth-order valence-electron chi connectivity index (χ4n) is 3.94. The number of nitrogens with one attached hydrogen (secondary N) is 1. The largest absolute Gasteiger partial charge is 0.507 e. The lowest BCUT2D eigenvalue weighted by Gasteiger charge is -2.13. The summed E-state index contributed by atoms with van der Waals surface area (Å²) in [5.41, 5.74) is 2.07. The minimum absolute atomic E-state index is 0.204. The van der Waals surface area contributed by atoms with Crippen LogP contribution in [0, 0.1) is 5.92 Å². The van der Waals surface area contributed by atoms with Crippen LogP contribution in [0.5, 0.6) is 5.75 Å². The third-order valence-corrected chi connectivity index (χ3v) is 6.78. The molecule has 1 fully saturated rings. The molecule has 6 heteroatoms. The maximum Gasteiger partial charge on any atom is 0.255 e. The van der Waals surface area contributed by atoms with Crippen LogP contribution in [0.3, 0.4) is 0 Å². The van der Waals surface area contributed by atoms with E-state index in [9.17, 15) is 18.3 Å². The topological polar surface area (TPSA) is 83.5 Å². The van der Waals surface area contributed by atoms with E-state index in [-0.39, 0.29) is 16.6 Å². The van der Waals surface area contributed by atoms with Gasteiger partial charge in [-0.1, -0.05) is 50.7 Å². The molecule has 0 saturated heterocycles. The first-order chi connectivity index (χ1) is 13.8. The zero-order chi connectivity index (χ0) is 20.9. The van der Waals surface area contributed by atoms with Crippen molar-refractivity contribution < 1.29 is 18.3 Å². The number of sulfone groups is 1. The number of hydrogen-bond acceptors (Lipinski definition) is 4. The average molecular weight is 416 g/mol. The lowest BCUT2D eigenvalue weighted by Crippen LogP contribution is -2.12. The first-order valence-electron chi connectivity index (χ1n) is 10.3. The Morgan fingerprint density at radius 1 is 1.03 bits per heavy atom. The van der Waals surface area contributed by atoms with E-state index in [1.54, 1.807) is 12.1 Å². The Kier molecular flexibility index (Phi) is 6.96. The Hall–Kier alpha value is -2.34. The van der Waals surface area contributed by atoms with Crippen molar-refractivity contribution in [2.24, 2.45) is 5.92 Å². The predicted molar refractivity (Wildman–Crippen MR) is 115 cm³/mol. The van der Waals surface area contributed by atoms with Crippen molar-refractivity contribution >= 4 is 21.4 Å². The number of hydrogen-bond donors (Lipinski definition) is 2. The summed E-state index contributed by atoms with van der Waals surface area (Å²) >= 11 is 0. The smallest absolute Gasteiger partial charge is 0.255 e. The van der Waals surface area contributed by atoms with Gasteiger partial charge in [-0.25, -0.2) is 8.42 Å². The van der Waals surface area contributed by atoms with Gasteiger partial charge in [0.1, 0.15) is 10.6 Å². The van der Waals surface area contributed by atoms with Gasteiger partial charge in [0.2, 0.25) is 0 Å². The molecule has 1 aliphatic rings. The molecule has 1 aliphatic carbocycles. The number of carbonyl (C=O) groups excluding carboxylic acids is 1. The van der Waals surface area contributed by atoms with Gasteiger partial charge in [0.25, 0.3) is 5.91 Å². The number of phenols is 1. The lowest BCUT2D eigenvalue weighted by atomic mass is 9.93. The Morgan fingerprint density at radius 3 is 2.31 bits per heavy atom. The maximum atomic E-state index is 12.5. The standard InChI is InChI=1S/C23H29NO4S/c1-29(27,28)22-16-20(14-15-21(22)25)24-23(26)19-12-10-18(11-13-19)9-8-17-6-4-2-3-5-7-17/h10-17,25H,2-9H2,1H3,(H,24,26). The van der Waals surface area contributed by atoms with E-state index >= 15 is 0 Å². The average Bonchev–Trinajstić information content (AvgIpc) is 2.96. The number of benzene rings is 2. The van der Waals surface area contributed by atoms with Gasteiger partial charge in [-0.05, 0) is 54.7 Å². The minimum atomic E-state index is -3.58. The Bertz CT molecular complexity index is 943. The van der Waals surface area contributed by atoms with Gasteiger partial charge in [0, 0.05) is 17.5 Å². The predicted octanol–water partition coefficient (Wildman–Crippen LogP) is 4.95. The van der Waals surface area contributed by atoms with E-state index in [0.29, 0.717) is 11.3 Å². The van der Waals surface area contributed by atoms with Crippen LogP contribution in [0.1, 0.15) is 60.9 Å². The Labute approximate surface area is 173 Å². The number of aryl methyl sites for hydroxylation is 1. The number of phenolic OH excluding ortho intramolecular Hbond substituents is 1. The second-order valence-electron chi connectivity index (χ2n) is 8.00. The zero-order valence-corrected chi connectivity index (χ0v) is 17.7. The molecule has 0 radical (unpaired) electrons. The summed E-state index contributed by atoms with van der Waals surface area (Å²) in [5, 5.41) is 12.4. The van der Waals surface area contributed by atoms with E-state index in [1.807, 2.05) is 12.1 Å². The molecule has 3 rings (SSSR count). The molecule has 0 heterocycles. The fraction of sp³-hybridized carbons (Fsp3) is 0.435. The summed E-state index contributed by atoms with van der Waals surface area (Å²) in [7, 11) is -3.58. The van der Waals surface area contributed by atoms with Gasteiger partial charge in [0.15, 0.2) is 9.84 Å². The number of anilines is 1. The SMILES string of the molecule is CS(=O)(=O)c1cc(NC(=O)c2ccc(CCC3CCCCCC3)cc2)ccc1O. The highest BCUT2D eigenvalue weighted by molar-refractivity contribution is 7.90. The molecule has 0 aliphatic heterocycles. The fourth-order valence-corrected chi connectivity index (χ4v) is 4.73. The Balaban J connectivity index is 1.60. The molecule has 1 saturated carbocycles. The highest BCUT2D eigenvalue weighted by atomic mass is 32.2. The van der Waals surface area contributed by atoms with E-state index in [0.717, 1.165) is 18.6 Å². The lowest BCUT2D eigenvalue weighted by molar-refractivity contribution is 0.102. The van der Waals surface area contributed by atoms with Crippen LogP contribution in [-0.4, -0.2) is 25.7 Å². The van der Waals surface area contributed by atoms with E-state index < -0.39 is 9.84 Å². The molecule has 0 spiro atoms. The van der Waals surface area contributed by atoms with Gasteiger partial charge in [-0.3, -0.25) is 4.79 Å². The number of amides is 1. The van der Waals surface area contributed by atoms with Crippen LogP contribution in [0.25, 0.3) is 0 Å². The van der Waals surface area contributed by atoms with Crippen LogP contribution in [0.4, 0.5) is 5.69 Å². The van der Waals surface area contributed by atoms with Crippen molar-refractivity contribution in [1.82, 2.24) is 0 Å². The van der Waals surface area contributed by atoms with Crippen molar-refractivity contribution in [2.75, 3.05) is 11.6 Å². The molecule has 2 aromatic carbocycles. The number of rotatable bonds is 6. The molecule has 0 aromatic heterocycles. The van der Waals surface area contributed by atoms with E-state index in [4.69, 9.17) is 0 Å². The maximum absolute atomic E-state index is 12.5. The summed E-state index contributed by atoms with van der Waals surface area (Å²) in [6.07, 6.45) is 11.4. The molecule has 2 N–H and O–H groups in total. The van der Waals surface area contributed by atoms with Crippen molar-refractivity contribution in [3.63, 3.8) is 0 Å². The van der Waals surface area contributed by atoms with Gasteiger partial charge in [-0.2, -0.15) is 0 Å². The first-order valence-corrected chi connectivity index (χ1v) is 12.2. The summed E-state index contributed by atoms with van der Waals surface area (Å²) in [4.78, 5) is 12.3. The van der Waals surface area contributed by atoms with Crippen LogP contribution < -0.4 is 5.32 Å².